The Hall–Kier alpha value is -5.08. The molecule has 2 heteroatoms. The van der Waals surface area contributed by atoms with Gasteiger partial charge in [0.15, 0.2) is 0 Å². The molecule has 0 saturated heterocycles. The molecule has 196 valence electrons. The van der Waals surface area contributed by atoms with Gasteiger partial charge in [-0.1, -0.05) is 98.8 Å². The summed E-state index contributed by atoms with van der Waals surface area (Å²) in [5, 5.41) is 5.06. The number of aromatic nitrogens is 2. The smallest absolute Gasteiger partial charge is 0.0548 e. The molecule has 0 spiro atoms. The highest BCUT2D eigenvalue weighted by Crippen LogP contribution is 2.40. The molecule has 2 nitrogen and oxygen atoms in total. The Kier molecular flexibility index (Phi) is 5.36. The Morgan fingerprint density at radius 1 is 0.390 bits per heavy atom. The molecule has 0 aliphatic heterocycles. The van der Waals surface area contributed by atoms with Gasteiger partial charge in [0.1, 0.15) is 0 Å². The van der Waals surface area contributed by atoms with Gasteiger partial charge >= 0.3 is 0 Å². The van der Waals surface area contributed by atoms with Crippen molar-refractivity contribution in [2.75, 3.05) is 0 Å². The second kappa shape index (κ2) is 9.25. The first-order valence-electron chi connectivity index (χ1n) is 14.4. The maximum atomic E-state index is 2.42. The number of nitrogens with zero attached hydrogens (tertiary/aromatic N) is 2. The molecule has 2 heterocycles. The first kappa shape index (κ1) is 23.8. The molecule has 8 rings (SSSR count). The van der Waals surface area contributed by atoms with Gasteiger partial charge in [-0.05, 0) is 77.2 Å². The van der Waals surface area contributed by atoms with E-state index in [1.807, 2.05) is 0 Å². The van der Waals surface area contributed by atoms with Crippen LogP contribution in [0.15, 0.2) is 140 Å². The van der Waals surface area contributed by atoms with Crippen molar-refractivity contribution in [1.82, 2.24) is 9.13 Å². The first-order valence-corrected chi connectivity index (χ1v) is 14.4. The maximum absolute atomic E-state index is 2.42. The van der Waals surface area contributed by atoms with Crippen LogP contribution in [0, 0.1) is 0 Å². The van der Waals surface area contributed by atoms with Crippen LogP contribution in [-0.4, -0.2) is 9.13 Å². The number of hydrogen-bond donors (Lipinski definition) is 0. The molecule has 6 aromatic carbocycles. The van der Waals surface area contributed by atoms with E-state index in [4.69, 9.17) is 0 Å². The van der Waals surface area contributed by atoms with E-state index in [-0.39, 0.29) is 0 Å². The third-order valence-electron chi connectivity index (χ3n) is 8.47. The normalized spacial score (nSPS) is 11.9. The van der Waals surface area contributed by atoms with Crippen molar-refractivity contribution in [1.29, 1.82) is 0 Å². The van der Waals surface area contributed by atoms with Crippen molar-refractivity contribution in [3.05, 3.63) is 145 Å². The fraction of sp³-hybridized carbons (Fsp3) is 0.0769. The zero-order valence-electron chi connectivity index (χ0n) is 23.3. The van der Waals surface area contributed by atoms with Gasteiger partial charge in [-0.3, -0.25) is 0 Å². The van der Waals surface area contributed by atoms with Gasteiger partial charge < -0.3 is 9.13 Å². The van der Waals surface area contributed by atoms with E-state index >= 15 is 0 Å². The highest BCUT2D eigenvalue weighted by molar-refractivity contribution is 6.19. The summed E-state index contributed by atoms with van der Waals surface area (Å²) in [5.41, 5.74) is 11.1. The summed E-state index contributed by atoms with van der Waals surface area (Å²) in [5.74, 6) is 0.492. The molecule has 0 unspecified atom stereocenters. The molecule has 0 N–H and O–H groups in total. The van der Waals surface area contributed by atoms with Crippen LogP contribution < -0.4 is 0 Å². The van der Waals surface area contributed by atoms with E-state index in [0.29, 0.717) is 5.92 Å². The summed E-state index contributed by atoms with van der Waals surface area (Å²) >= 11 is 0. The molecule has 0 amide bonds. The third kappa shape index (κ3) is 3.72. The van der Waals surface area contributed by atoms with Gasteiger partial charge in [-0.15, -0.1) is 0 Å². The summed E-state index contributed by atoms with van der Waals surface area (Å²) in [7, 11) is 0. The van der Waals surface area contributed by atoms with Gasteiger partial charge in [0.05, 0.1) is 22.1 Å². The molecular formula is C39H30N2. The molecule has 2 aromatic heterocycles. The molecule has 0 saturated carbocycles. The lowest BCUT2D eigenvalue weighted by molar-refractivity contribution is 0.867. The van der Waals surface area contributed by atoms with Crippen LogP contribution in [0.3, 0.4) is 0 Å². The van der Waals surface area contributed by atoms with Crippen molar-refractivity contribution < 1.29 is 0 Å². The van der Waals surface area contributed by atoms with Crippen LogP contribution in [-0.2, 0) is 0 Å². The summed E-state index contributed by atoms with van der Waals surface area (Å²) < 4.78 is 4.83. The Morgan fingerprint density at radius 2 is 0.927 bits per heavy atom. The van der Waals surface area contributed by atoms with Crippen molar-refractivity contribution in [3.8, 4) is 22.5 Å². The number of hydrogen-bond acceptors (Lipinski definition) is 0. The van der Waals surface area contributed by atoms with Crippen molar-refractivity contribution in [2.45, 2.75) is 19.8 Å². The Bertz CT molecular complexity index is 2210. The minimum absolute atomic E-state index is 0.492. The van der Waals surface area contributed by atoms with Crippen molar-refractivity contribution in [2.24, 2.45) is 0 Å². The molecular weight excluding hydrogens is 496 g/mol. The van der Waals surface area contributed by atoms with Gasteiger partial charge in [0.2, 0.25) is 0 Å². The van der Waals surface area contributed by atoms with Crippen molar-refractivity contribution >= 4 is 43.6 Å². The zero-order chi connectivity index (χ0) is 27.5. The minimum atomic E-state index is 0.492. The van der Waals surface area contributed by atoms with Crippen LogP contribution in [0.5, 0.6) is 0 Å². The molecule has 0 bridgehead atoms. The molecule has 0 radical (unpaired) electrons. The number of rotatable bonds is 4. The number of benzene rings is 6. The van der Waals surface area contributed by atoms with Crippen LogP contribution in [0.4, 0.5) is 0 Å². The van der Waals surface area contributed by atoms with Gasteiger partial charge in [0.25, 0.3) is 0 Å². The van der Waals surface area contributed by atoms with Crippen LogP contribution >= 0.6 is 0 Å². The third-order valence-corrected chi connectivity index (χ3v) is 8.47. The average Bonchev–Trinajstić information content (AvgIpc) is 3.52. The van der Waals surface area contributed by atoms with Crippen LogP contribution in [0.2, 0.25) is 0 Å². The second-order valence-corrected chi connectivity index (χ2v) is 11.3. The monoisotopic (exact) mass is 526 g/mol. The lowest BCUT2D eigenvalue weighted by atomic mass is 9.96. The minimum Gasteiger partial charge on any atom is -0.309 e. The van der Waals surface area contributed by atoms with Gasteiger partial charge in [-0.2, -0.15) is 0 Å². The highest BCUT2D eigenvalue weighted by Gasteiger charge is 2.19. The summed E-state index contributed by atoms with van der Waals surface area (Å²) in [4.78, 5) is 0. The summed E-state index contributed by atoms with van der Waals surface area (Å²) in [6, 6.07) is 51.0. The topological polar surface area (TPSA) is 9.86 Å². The van der Waals surface area contributed by atoms with Crippen molar-refractivity contribution in [3.63, 3.8) is 0 Å². The molecule has 8 aromatic rings. The molecule has 0 atom stereocenters. The quantitative estimate of drug-likeness (QED) is 0.216. The molecule has 0 aliphatic rings. The lowest BCUT2D eigenvalue weighted by Gasteiger charge is -2.10. The van der Waals surface area contributed by atoms with E-state index in [0.717, 1.165) is 0 Å². The van der Waals surface area contributed by atoms with E-state index in [2.05, 4.69) is 163 Å². The van der Waals surface area contributed by atoms with Gasteiger partial charge in [-0.25, -0.2) is 0 Å². The van der Waals surface area contributed by atoms with Crippen LogP contribution in [0.25, 0.3) is 66.1 Å². The van der Waals surface area contributed by atoms with E-state index < -0.39 is 0 Å². The Balaban J connectivity index is 1.50. The van der Waals surface area contributed by atoms with Crippen LogP contribution in [0.1, 0.15) is 25.3 Å². The zero-order valence-corrected chi connectivity index (χ0v) is 23.3. The maximum Gasteiger partial charge on any atom is 0.0548 e. The lowest BCUT2D eigenvalue weighted by Crippen LogP contribution is -1.94. The summed E-state index contributed by atoms with van der Waals surface area (Å²) in [6.07, 6.45) is 0. The van der Waals surface area contributed by atoms with E-state index in [1.165, 1.54) is 71.7 Å². The Labute approximate surface area is 239 Å². The van der Waals surface area contributed by atoms with Gasteiger partial charge in [0, 0.05) is 32.9 Å². The largest absolute Gasteiger partial charge is 0.309 e. The fourth-order valence-electron chi connectivity index (χ4n) is 6.45. The average molecular weight is 527 g/mol. The number of fused-ring (bicyclic) bond motifs is 6. The van der Waals surface area contributed by atoms with E-state index in [1.54, 1.807) is 0 Å². The summed E-state index contributed by atoms with van der Waals surface area (Å²) in [6.45, 7) is 4.51. The number of para-hydroxylation sites is 3. The Morgan fingerprint density at radius 3 is 1.59 bits per heavy atom. The predicted octanol–water partition coefficient (Wildman–Crippen LogP) is 10.7. The fourth-order valence-corrected chi connectivity index (χ4v) is 6.45. The second-order valence-electron chi connectivity index (χ2n) is 11.3. The first-order chi connectivity index (χ1) is 20.2. The SMILES string of the molecule is CC(C)c1cccc(-c2ccc3c(c2)c2cc4c(cc2n3-c2ccccc2)c2ccccc2n4-c2ccccc2)c1. The standard InChI is InChI=1S/C39H30N2/c1-26(2)27-12-11-13-28(22-27)29-20-21-37-33(23-29)35-25-38-34(24-39(35)41(37)31-16-7-4-8-17-31)32-18-9-10-19-36(32)40(38)30-14-5-3-6-15-30/h3-26H,1-2H3. The highest BCUT2D eigenvalue weighted by atomic mass is 15.0. The molecule has 0 aliphatic carbocycles. The molecule has 0 fully saturated rings. The molecule has 41 heavy (non-hydrogen) atoms. The predicted molar refractivity (Wildman–Crippen MR) is 175 cm³/mol. The van der Waals surface area contributed by atoms with E-state index in [9.17, 15) is 0 Å².